The third-order valence-electron chi connectivity index (χ3n) is 8.58. The number of hydrogen-bond acceptors (Lipinski definition) is 6. The lowest BCUT2D eigenvalue weighted by atomic mass is 9.73. The second-order valence-corrected chi connectivity index (χ2v) is 10.9. The topological polar surface area (TPSA) is 80.0 Å². The van der Waals surface area contributed by atoms with E-state index in [1.807, 2.05) is 6.92 Å². The Morgan fingerprint density at radius 2 is 1.89 bits per heavy atom. The molecule has 1 saturated heterocycles. The molecule has 4 heterocycles. The van der Waals surface area contributed by atoms with Crippen LogP contribution in [-0.2, 0) is 23.9 Å². The molecule has 3 aliphatic rings. The van der Waals surface area contributed by atoms with E-state index in [1.165, 1.54) is 0 Å². The zero-order chi connectivity index (χ0) is 25.7. The molecule has 0 radical (unpaired) electrons. The van der Waals surface area contributed by atoms with Gasteiger partial charge in [0.1, 0.15) is 0 Å². The number of amides is 1. The molecule has 196 valence electrons. The minimum absolute atomic E-state index is 0.0836. The monoisotopic (exact) mass is 505 g/mol. The average molecular weight is 506 g/mol. The van der Waals surface area contributed by atoms with E-state index in [0.29, 0.717) is 36.1 Å². The number of hydrogen-bond donors (Lipinski definition) is 0. The van der Waals surface area contributed by atoms with Gasteiger partial charge in [-0.3, -0.25) is 9.78 Å². The number of nitrogens with zero attached hydrogens (tertiary/aromatic N) is 7. The summed E-state index contributed by atoms with van der Waals surface area (Å²) >= 11 is 0. The minimum atomic E-state index is -4.44. The number of likely N-dealkylation sites (tertiary alicyclic amines) is 1. The molecule has 1 unspecified atom stereocenters. The molecule has 36 heavy (non-hydrogen) atoms. The first kappa shape index (κ1) is 25.1. The van der Waals surface area contributed by atoms with Gasteiger partial charge in [0.15, 0.2) is 5.82 Å². The molecular weight excluding hydrogens is 471 g/mol. The van der Waals surface area contributed by atoms with Gasteiger partial charge < -0.3 is 9.80 Å². The molecule has 1 aliphatic carbocycles. The van der Waals surface area contributed by atoms with Crippen LogP contribution < -0.4 is 0 Å². The first-order valence-electron chi connectivity index (χ1n) is 12.9. The molecule has 1 saturated carbocycles. The number of pyridine rings is 1. The number of piperidine rings is 1. The summed E-state index contributed by atoms with van der Waals surface area (Å²) < 4.78 is 39.7. The fourth-order valence-corrected chi connectivity index (χ4v) is 6.33. The normalized spacial score (nSPS) is 26.0. The van der Waals surface area contributed by atoms with Crippen LogP contribution in [0.4, 0.5) is 13.2 Å². The summed E-state index contributed by atoms with van der Waals surface area (Å²) in [7, 11) is 0. The minimum Gasteiger partial charge on any atom is -0.337 e. The standard InChI is InChI=1S/C25H34F3N7O/c1-16(2)24(23(36)34-11-7-22-18(15-34)12-19(14-29-22)25(26,27)28)8-4-21(13-24)33-9-5-20(6-10-33)35-31-17(3)30-32-35/h12,14,16,20-21H,4-11,13,15H2,1-3H3/t21?,24-/m0/s1. The van der Waals surface area contributed by atoms with E-state index in [2.05, 4.69) is 39.1 Å². The Labute approximate surface area is 209 Å². The molecule has 2 aromatic heterocycles. The van der Waals surface area contributed by atoms with Crippen LogP contribution in [0, 0.1) is 18.3 Å². The Kier molecular flexibility index (Phi) is 6.55. The van der Waals surface area contributed by atoms with E-state index in [9.17, 15) is 18.0 Å². The molecule has 0 spiro atoms. The molecule has 0 N–H and O–H groups in total. The SMILES string of the molecule is Cc1nnn(C2CCN(C3CC[C@@](C(=O)N4CCc5ncc(C(F)(F)F)cc5C4)(C(C)C)C3)CC2)n1. The van der Waals surface area contributed by atoms with Crippen molar-refractivity contribution in [1.29, 1.82) is 0 Å². The lowest BCUT2D eigenvalue weighted by Gasteiger charge is -2.41. The molecule has 0 aromatic carbocycles. The number of halogens is 3. The summed E-state index contributed by atoms with van der Waals surface area (Å²) in [6.07, 6.45) is 1.40. The van der Waals surface area contributed by atoms with Gasteiger partial charge in [0, 0.05) is 50.5 Å². The van der Waals surface area contributed by atoms with Crippen LogP contribution in [0.2, 0.25) is 0 Å². The Hall–Kier alpha value is -2.56. The lowest BCUT2D eigenvalue weighted by molar-refractivity contribution is -0.146. The van der Waals surface area contributed by atoms with E-state index in [0.717, 1.165) is 57.5 Å². The van der Waals surface area contributed by atoms with Gasteiger partial charge in [0.05, 0.1) is 17.0 Å². The first-order chi connectivity index (χ1) is 17.1. The maximum Gasteiger partial charge on any atom is 0.417 e. The fraction of sp³-hybridized carbons (Fsp3) is 0.720. The average Bonchev–Trinajstić information content (AvgIpc) is 3.50. The summed E-state index contributed by atoms with van der Waals surface area (Å²) in [4.78, 5) is 24.0. The highest BCUT2D eigenvalue weighted by Crippen LogP contribution is 2.48. The van der Waals surface area contributed by atoms with Crippen LogP contribution >= 0.6 is 0 Å². The van der Waals surface area contributed by atoms with Crippen LogP contribution in [0.5, 0.6) is 0 Å². The number of carbonyl (C=O) groups excluding carboxylic acids is 1. The fourth-order valence-electron chi connectivity index (χ4n) is 6.33. The highest BCUT2D eigenvalue weighted by atomic mass is 19.4. The predicted octanol–water partition coefficient (Wildman–Crippen LogP) is 3.81. The van der Waals surface area contributed by atoms with Crippen LogP contribution in [-0.4, -0.2) is 66.6 Å². The van der Waals surface area contributed by atoms with E-state index in [1.54, 1.807) is 9.70 Å². The molecule has 2 aliphatic heterocycles. The molecule has 0 bridgehead atoms. The van der Waals surface area contributed by atoms with Gasteiger partial charge in [-0.15, -0.1) is 10.2 Å². The maximum atomic E-state index is 14.0. The molecular formula is C25H34F3N7O. The number of fused-ring (bicyclic) bond motifs is 1. The van der Waals surface area contributed by atoms with Crippen LogP contribution in [0.3, 0.4) is 0 Å². The second kappa shape index (κ2) is 9.39. The van der Waals surface area contributed by atoms with Crippen LogP contribution in [0.25, 0.3) is 0 Å². The van der Waals surface area contributed by atoms with Crippen molar-refractivity contribution in [3.05, 3.63) is 34.9 Å². The van der Waals surface area contributed by atoms with Crippen molar-refractivity contribution in [3.8, 4) is 0 Å². The summed E-state index contributed by atoms with van der Waals surface area (Å²) in [5.41, 5.74) is -0.0694. The lowest BCUT2D eigenvalue weighted by Crippen LogP contribution is -2.49. The highest BCUT2D eigenvalue weighted by molar-refractivity contribution is 5.83. The summed E-state index contributed by atoms with van der Waals surface area (Å²) in [6.45, 7) is 8.60. The van der Waals surface area contributed by atoms with E-state index in [-0.39, 0.29) is 24.4 Å². The maximum absolute atomic E-state index is 14.0. The highest BCUT2D eigenvalue weighted by Gasteiger charge is 2.51. The zero-order valence-electron chi connectivity index (χ0n) is 21.1. The van der Waals surface area contributed by atoms with Gasteiger partial charge in [0.2, 0.25) is 5.91 Å². The van der Waals surface area contributed by atoms with E-state index < -0.39 is 17.2 Å². The van der Waals surface area contributed by atoms with Crippen molar-refractivity contribution in [2.45, 2.75) is 84.1 Å². The van der Waals surface area contributed by atoms with Gasteiger partial charge in [0.25, 0.3) is 0 Å². The van der Waals surface area contributed by atoms with Crippen molar-refractivity contribution in [2.24, 2.45) is 11.3 Å². The molecule has 1 amide bonds. The molecule has 11 heteroatoms. The molecule has 2 fully saturated rings. The Morgan fingerprint density at radius 1 is 1.14 bits per heavy atom. The Bertz CT molecular complexity index is 1110. The summed E-state index contributed by atoms with van der Waals surface area (Å²) in [5.74, 6) is 0.912. The van der Waals surface area contributed by atoms with Gasteiger partial charge in [-0.1, -0.05) is 13.8 Å². The Balaban J connectivity index is 1.26. The number of aromatic nitrogens is 5. The van der Waals surface area contributed by atoms with Gasteiger partial charge >= 0.3 is 6.18 Å². The van der Waals surface area contributed by atoms with E-state index >= 15 is 0 Å². The van der Waals surface area contributed by atoms with Crippen molar-refractivity contribution in [2.75, 3.05) is 19.6 Å². The first-order valence-corrected chi connectivity index (χ1v) is 12.9. The second-order valence-electron chi connectivity index (χ2n) is 10.9. The van der Waals surface area contributed by atoms with E-state index in [4.69, 9.17) is 0 Å². The molecule has 2 atom stereocenters. The van der Waals surface area contributed by atoms with Crippen LogP contribution in [0.15, 0.2) is 12.3 Å². The third-order valence-corrected chi connectivity index (χ3v) is 8.58. The van der Waals surface area contributed by atoms with Crippen molar-refractivity contribution in [1.82, 2.24) is 35.0 Å². The number of rotatable bonds is 4. The zero-order valence-corrected chi connectivity index (χ0v) is 21.1. The summed E-state index contributed by atoms with van der Waals surface area (Å²) in [5, 5.41) is 12.5. The molecule has 5 rings (SSSR count). The number of carbonyl (C=O) groups is 1. The quantitative estimate of drug-likeness (QED) is 0.629. The molecule has 2 aromatic rings. The summed E-state index contributed by atoms with van der Waals surface area (Å²) in [6, 6.07) is 1.75. The van der Waals surface area contributed by atoms with Crippen molar-refractivity contribution < 1.29 is 18.0 Å². The number of tetrazole rings is 1. The third kappa shape index (κ3) is 4.62. The predicted molar refractivity (Wildman–Crippen MR) is 126 cm³/mol. The molecule has 8 nitrogen and oxygen atoms in total. The Morgan fingerprint density at radius 3 is 2.53 bits per heavy atom. The van der Waals surface area contributed by atoms with Crippen LogP contribution in [0.1, 0.15) is 74.6 Å². The van der Waals surface area contributed by atoms with Crippen molar-refractivity contribution in [3.63, 3.8) is 0 Å². The number of aryl methyl sites for hydroxylation is 1. The number of alkyl halides is 3. The van der Waals surface area contributed by atoms with Gasteiger partial charge in [-0.25, -0.2) is 0 Å². The largest absolute Gasteiger partial charge is 0.417 e. The van der Waals surface area contributed by atoms with Gasteiger partial charge in [-0.2, -0.15) is 18.0 Å². The van der Waals surface area contributed by atoms with Crippen molar-refractivity contribution >= 4 is 5.91 Å². The van der Waals surface area contributed by atoms with Gasteiger partial charge in [-0.05, 0) is 61.8 Å². The smallest absolute Gasteiger partial charge is 0.337 e.